The molecule has 7 nitrogen and oxygen atoms in total. The summed E-state index contributed by atoms with van der Waals surface area (Å²) in [4.78, 5) is 15.0. The van der Waals surface area contributed by atoms with E-state index in [4.69, 9.17) is 21.1 Å². The molecular formula is C18H16ClN3O4. The molecule has 134 valence electrons. The van der Waals surface area contributed by atoms with Crippen molar-refractivity contribution in [1.29, 1.82) is 0 Å². The van der Waals surface area contributed by atoms with Crippen molar-refractivity contribution in [2.45, 2.75) is 0 Å². The number of hydrogen-bond donors (Lipinski definition) is 1. The van der Waals surface area contributed by atoms with Gasteiger partial charge >= 0.3 is 0 Å². The molecule has 0 aliphatic carbocycles. The number of fused-ring (bicyclic) bond motifs is 1. The quantitative estimate of drug-likeness (QED) is 0.377. The number of hydrogen-bond acceptors (Lipinski definition) is 6. The van der Waals surface area contributed by atoms with Crippen molar-refractivity contribution < 1.29 is 14.4 Å². The Bertz CT molecular complexity index is 932. The van der Waals surface area contributed by atoms with Gasteiger partial charge in [-0.3, -0.25) is 10.1 Å². The Morgan fingerprint density at radius 2 is 1.85 bits per heavy atom. The molecule has 8 heteroatoms. The second-order valence-corrected chi connectivity index (χ2v) is 5.77. The zero-order valence-electron chi connectivity index (χ0n) is 13.9. The third-order valence-corrected chi connectivity index (χ3v) is 4.08. The fourth-order valence-electron chi connectivity index (χ4n) is 2.55. The van der Waals surface area contributed by atoms with Crippen molar-refractivity contribution in [3.8, 4) is 11.5 Å². The van der Waals surface area contributed by atoms with Crippen molar-refractivity contribution in [1.82, 2.24) is 4.98 Å². The lowest BCUT2D eigenvalue weighted by Crippen LogP contribution is -2.12. The largest absolute Gasteiger partial charge is 0.497 e. The molecule has 0 aliphatic rings. The fraction of sp³-hybridized carbons (Fsp3) is 0.167. The molecule has 0 spiro atoms. The molecule has 2 aromatic carbocycles. The molecule has 0 saturated heterocycles. The number of nitro groups is 1. The topological polar surface area (TPSA) is 86.5 Å². The number of benzene rings is 2. The minimum atomic E-state index is -0.485. The van der Waals surface area contributed by atoms with Crippen LogP contribution in [0, 0.1) is 10.1 Å². The van der Waals surface area contributed by atoms with Gasteiger partial charge in [-0.15, -0.1) is 0 Å². The van der Waals surface area contributed by atoms with Gasteiger partial charge in [0, 0.05) is 11.6 Å². The highest BCUT2D eigenvalue weighted by atomic mass is 35.5. The first-order chi connectivity index (χ1) is 12.6. The van der Waals surface area contributed by atoms with Crippen molar-refractivity contribution in [2.24, 2.45) is 0 Å². The molecule has 0 saturated carbocycles. The minimum absolute atomic E-state index is 0.0995. The van der Waals surface area contributed by atoms with Crippen LogP contribution in [-0.4, -0.2) is 30.2 Å². The SMILES string of the molecule is COc1ccc(OCCNc2nccc3c([N+](=O)[O-])c(Cl)ccc23)cc1. The first kappa shape index (κ1) is 17.8. The van der Waals surface area contributed by atoms with Crippen molar-refractivity contribution in [2.75, 3.05) is 25.6 Å². The average molecular weight is 374 g/mol. The van der Waals surface area contributed by atoms with Crippen LogP contribution in [-0.2, 0) is 0 Å². The highest BCUT2D eigenvalue weighted by Gasteiger charge is 2.18. The number of aromatic nitrogens is 1. The monoisotopic (exact) mass is 373 g/mol. The summed E-state index contributed by atoms with van der Waals surface area (Å²) in [6.45, 7) is 0.884. The average Bonchev–Trinajstić information content (AvgIpc) is 2.65. The van der Waals surface area contributed by atoms with Gasteiger partial charge in [0.15, 0.2) is 0 Å². The number of pyridine rings is 1. The second kappa shape index (κ2) is 7.88. The molecule has 1 N–H and O–H groups in total. The lowest BCUT2D eigenvalue weighted by atomic mass is 10.1. The maximum atomic E-state index is 11.3. The van der Waals surface area contributed by atoms with Gasteiger partial charge in [-0.25, -0.2) is 4.98 Å². The van der Waals surface area contributed by atoms with Crippen molar-refractivity contribution in [3.63, 3.8) is 0 Å². The number of nitrogens with one attached hydrogen (secondary N) is 1. The van der Waals surface area contributed by atoms with Crippen LogP contribution in [0.2, 0.25) is 5.02 Å². The molecule has 1 aromatic heterocycles. The molecule has 0 atom stereocenters. The Morgan fingerprint density at radius 3 is 2.54 bits per heavy atom. The van der Waals surface area contributed by atoms with E-state index in [2.05, 4.69) is 10.3 Å². The van der Waals surface area contributed by atoms with E-state index in [9.17, 15) is 10.1 Å². The summed E-state index contributed by atoms with van der Waals surface area (Å²) in [6, 6.07) is 12.1. The van der Waals surface area contributed by atoms with E-state index in [1.165, 1.54) is 12.3 Å². The zero-order valence-corrected chi connectivity index (χ0v) is 14.7. The van der Waals surface area contributed by atoms with E-state index < -0.39 is 4.92 Å². The van der Waals surface area contributed by atoms with Gasteiger partial charge < -0.3 is 14.8 Å². The lowest BCUT2D eigenvalue weighted by molar-refractivity contribution is -0.382. The van der Waals surface area contributed by atoms with E-state index >= 15 is 0 Å². The van der Waals surface area contributed by atoms with Crippen LogP contribution >= 0.6 is 11.6 Å². The smallest absolute Gasteiger partial charge is 0.295 e. The first-order valence-electron chi connectivity index (χ1n) is 7.82. The lowest BCUT2D eigenvalue weighted by Gasteiger charge is -2.11. The third-order valence-electron chi connectivity index (χ3n) is 3.77. The second-order valence-electron chi connectivity index (χ2n) is 5.36. The molecule has 0 bridgehead atoms. The predicted molar refractivity (Wildman–Crippen MR) is 100 cm³/mol. The van der Waals surface area contributed by atoms with Gasteiger partial charge in [0.1, 0.15) is 28.9 Å². The Kier molecular flexibility index (Phi) is 5.38. The molecule has 0 radical (unpaired) electrons. The van der Waals surface area contributed by atoms with Gasteiger partial charge in [-0.05, 0) is 42.5 Å². The summed E-state index contributed by atoms with van der Waals surface area (Å²) in [6.07, 6.45) is 1.51. The fourth-order valence-corrected chi connectivity index (χ4v) is 2.78. The number of nitro benzene ring substituents is 1. The maximum absolute atomic E-state index is 11.3. The molecule has 3 rings (SSSR count). The number of rotatable bonds is 7. The number of anilines is 1. The third kappa shape index (κ3) is 3.78. The Hall–Kier alpha value is -3.06. The standard InChI is InChI=1S/C18H16ClN3O4/c1-25-12-2-4-13(5-3-12)26-11-10-21-18-15-6-7-16(19)17(22(23)24)14(15)8-9-20-18/h2-9H,10-11H2,1H3,(H,20,21). The molecular weight excluding hydrogens is 358 g/mol. The summed E-state index contributed by atoms with van der Waals surface area (Å²) < 4.78 is 10.7. The Balaban J connectivity index is 1.69. The van der Waals surface area contributed by atoms with Crippen LogP contribution in [0.3, 0.4) is 0 Å². The van der Waals surface area contributed by atoms with E-state index in [0.717, 1.165) is 11.5 Å². The summed E-state index contributed by atoms with van der Waals surface area (Å²) in [5.41, 5.74) is -0.121. The van der Waals surface area contributed by atoms with Crippen molar-refractivity contribution in [3.05, 3.63) is 63.8 Å². The number of halogens is 1. The highest BCUT2D eigenvalue weighted by molar-refractivity contribution is 6.34. The first-order valence-corrected chi connectivity index (χ1v) is 8.20. The van der Waals surface area contributed by atoms with Crippen LogP contribution < -0.4 is 14.8 Å². The molecule has 3 aromatic rings. The van der Waals surface area contributed by atoms with Gasteiger partial charge in [-0.2, -0.15) is 0 Å². The van der Waals surface area contributed by atoms with E-state index in [1.807, 2.05) is 24.3 Å². The van der Waals surface area contributed by atoms with Gasteiger partial charge in [0.25, 0.3) is 5.69 Å². The van der Waals surface area contributed by atoms with Gasteiger partial charge in [0.2, 0.25) is 0 Å². The summed E-state index contributed by atoms with van der Waals surface area (Å²) in [5.74, 6) is 2.03. The van der Waals surface area contributed by atoms with Gasteiger partial charge in [0.05, 0.1) is 24.0 Å². The molecule has 0 fully saturated rings. The maximum Gasteiger partial charge on any atom is 0.295 e. The predicted octanol–water partition coefficient (Wildman–Crippen LogP) is 4.30. The number of methoxy groups -OCH3 is 1. The van der Waals surface area contributed by atoms with E-state index in [0.29, 0.717) is 29.7 Å². The Morgan fingerprint density at radius 1 is 1.12 bits per heavy atom. The number of ether oxygens (including phenoxy) is 2. The zero-order chi connectivity index (χ0) is 18.5. The van der Waals surface area contributed by atoms with Crippen LogP contribution in [0.25, 0.3) is 10.8 Å². The highest BCUT2D eigenvalue weighted by Crippen LogP contribution is 2.35. The summed E-state index contributed by atoms with van der Waals surface area (Å²) in [7, 11) is 1.61. The minimum Gasteiger partial charge on any atom is -0.497 e. The number of nitrogens with zero attached hydrogens (tertiary/aromatic N) is 2. The van der Waals surface area contributed by atoms with Gasteiger partial charge in [-0.1, -0.05) is 11.6 Å². The van der Waals surface area contributed by atoms with Crippen molar-refractivity contribution >= 4 is 33.9 Å². The van der Waals surface area contributed by atoms with Crippen LogP contribution in [0.4, 0.5) is 11.5 Å². The summed E-state index contributed by atoms with van der Waals surface area (Å²) >= 11 is 5.96. The van der Waals surface area contributed by atoms with Crippen LogP contribution in [0.1, 0.15) is 0 Å². The normalized spacial score (nSPS) is 10.5. The van der Waals surface area contributed by atoms with E-state index in [1.54, 1.807) is 19.2 Å². The van der Waals surface area contributed by atoms with Crippen LogP contribution in [0.15, 0.2) is 48.7 Å². The molecule has 0 amide bonds. The summed E-state index contributed by atoms with van der Waals surface area (Å²) in [5, 5.41) is 15.6. The molecule has 26 heavy (non-hydrogen) atoms. The molecule has 0 aliphatic heterocycles. The van der Waals surface area contributed by atoms with Crippen LogP contribution in [0.5, 0.6) is 11.5 Å². The van der Waals surface area contributed by atoms with E-state index in [-0.39, 0.29) is 10.7 Å². The Labute approximate surface area is 154 Å². The molecule has 0 unspecified atom stereocenters. The molecule has 1 heterocycles.